The summed E-state index contributed by atoms with van der Waals surface area (Å²) in [6.07, 6.45) is 1.81. The summed E-state index contributed by atoms with van der Waals surface area (Å²) in [5.41, 5.74) is 5.37. The van der Waals surface area contributed by atoms with Gasteiger partial charge in [0.15, 0.2) is 5.17 Å². The molecule has 7 heteroatoms. The highest BCUT2D eigenvalue weighted by molar-refractivity contribution is 8.19. The molecule has 38 heavy (non-hydrogen) atoms. The monoisotopic (exact) mass is 542 g/mol. The number of hydrogen-bond acceptors (Lipinski definition) is 4. The van der Waals surface area contributed by atoms with Crippen LogP contribution in [-0.4, -0.2) is 11.1 Å². The number of nitrogens with zero attached hydrogens (tertiary/aromatic N) is 2. The number of amides is 1. The molecule has 1 heterocycles. The molecule has 0 N–H and O–H groups in total. The Bertz CT molecular complexity index is 1530. The van der Waals surface area contributed by atoms with Gasteiger partial charge in [0.2, 0.25) is 0 Å². The quantitative estimate of drug-likeness (QED) is 0.229. The molecule has 1 saturated heterocycles. The van der Waals surface area contributed by atoms with E-state index >= 15 is 0 Å². The van der Waals surface area contributed by atoms with Crippen molar-refractivity contribution in [3.05, 3.63) is 129 Å². The molecule has 0 saturated carbocycles. The largest absolute Gasteiger partial charge is 0.487 e. The van der Waals surface area contributed by atoms with Gasteiger partial charge in [0.05, 0.1) is 21.3 Å². The van der Waals surface area contributed by atoms with E-state index in [1.807, 2.05) is 74.5 Å². The van der Waals surface area contributed by atoms with Gasteiger partial charge in [-0.15, -0.1) is 0 Å². The number of hydrogen-bond donors (Lipinski definition) is 0. The van der Waals surface area contributed by atoms with Gasteiger partial charge in [-0.1, -0.05) is 65.2 Å². The number of thioether (sulfide) groups is 1. The van der Waals surface area contributed by atoms with Crippen molar-refractivity contribution in [2.45, 2.75) is 20.5 Å². The zero-order valence-corrected chi connectivity index (χ0v) is 22.4. The van der Waals surface area contributed by atoms with Crippen molar-refractivity contribution in [1.82, 2.24) is 0 Å². The van der Waals surface area contributed by atoms with Crippen molar-refractivity contribution < 1.29 is 13.9 Å². The van der Waals surface area contributed by atoms with E-state index in [1.165, 1.54) is 23.9 Å². The smallest absolute Gasteiger partial charge is 0.271 e. The average molecular weight is 543 g/mol. The van der Waals surface area contributed by atoms with Crippen LogP contribution in [0, 0.1) is 19.7 Å². The zero-order valence-electron chi connectivity index (χ0n) is 20.8. The Labute approximate surface area is 230 Å². The van der Waals surface area contributed by atoms with Crippen LogP contribution < -0.4 is 9.64 Å². The lowest BCUT2D eigenvalue weighted by molar-refractivity contribution is -0.113. The van der Waals surface area contributed by atoms with Crippen LogP contribution in [0.4, 0.5) is 15.8 Å². The van der Waals surface area contributed by atoms with E-state index in [-0.39, 0.29) is 18.3 Å². The van der Waals surface area contributed by atoms with Crippen LogP contribution in [0.15, 0.2) is 101 Å². The first-order chi connectivity index (χ1) is 18.4. The highest BCUT2D eigenvalue weighted by atomic mass is 35.5. The molecule has 4 nitrogen and oxygen atoms in total. The molecule has 0 atom stereocenters. The van der Waals surface area contributed by atoms with E-state index in [4.69, 9.17) is 21.3 Å². The fourth-order valence-corrected chi connectivity index (χ4v) is 5.06. The molecule has 1 fully saturated rings. The number of aryl methyl sites for hydroxylation is 2. The van der Waals surface area contributed by atoms with Crippen molar-refractivity contribution in [2.24, 2.45) is 4.99 Å². The van der Waals surface area contributed by atoms with Crippen LogP contribution in [0.5, 0.6) is 5.75 Å². The van der Waals surface area contributed by atoms with Gasteiger partial charge in [0, 0.05) is 0 Å². The second-order valence-corrected chi connectivity index (χ2v) is 10.3. The Kier molecular flexibility index (Phi) is 7.63. The Balaban J connectivity index is 1.41. The van der Waals surface area contributed by atoms with Gasteiger partial charge in [-0.05, 0) is 91.3 Å². The Morgan fingerprint density at radius 2 is 1.58 bits per heavy atom. The summed E-state index contributed by atoms with van der Waals surface area (Å²) >= 11 is 7.81. The summed E-state index contributed by atoms with van der Waals surface area (Å²) in [6, 6.07) is 27.1. The van der Waals surface area contributed by atoms with Crippen molar-refractivity contribution >= 4 is 51.9 Å². The van der Waals surface area contributed by atoms with Gasteiger partial charge in [0.1, 0.15) is 18.2 Å². The van der Waals surface area contributed by atoms with Gasteiger partial charge in [-0.3, -0.25) is 9.69 Å². The van der Waals surface area contributed by atoms with Gasteiger partial charge in [-0.25, -0.2) is 9.38 Å². The molecule has 0 aromatic heterocycles. The fraction of sp³-hybridized carbons (Fsp3) is 0.0968. The lowest BCUT2D eigenvalue weighted by atomic mass is 10.2. The Hall–Kier alpha value is -3.87. The molecular weight excluding hydrogens is 519 g/mol. The first-order valence-electron chi connectivity index (χ1n) is 12.0. The third-order valence-electron chi connectivity index (χ3n) is 5.92. The molecule has 0 aliphatic carbocycles. The summed E-state index contributed by atoms with van der Waals surface area (Å²) in [5, 5.41) is 1.00. The highest BCUT2D eigenvalue weighted by Crippen LogP contribution is 2.38. The fourth-order valence-electron chi connectivity index (χ4n) is 3.82. The number of anilines is 1. The van der Waals surface area contributed by atoms with E-state index in [0.29, 0.717) is 20.8 Å². The predicted octanol–water partition coefficient (Wildman–Crippen LogP) is 8.48. The Morgan fingerprint density at radius 1 is 0.921 bits per heavy atom. The number of amidine groups is 1. The van der Waals surface area contributed by atoms with Gasteiger partial charge in [0.25, 0.3) is 5.91 Å². The minimum Gasteiger partial charge on any atom is -0.487 e. The number of ether oxygens (including phenoxy) is 1. The SMILES string of the molecule is Cc1ccc(N=C2S/C(=C\c3ccc(OCc4ccc(F)cc4)c(Cl)c3)C(=O)N2c2ccc(C)cc2)cc1. The Morgan fingerprint density at radius 3 is 2.24 bits per heavy atom. The number of halogens is 2. The standard InChI is InChI=1S/C31H24ClFN2O2S/c1-20-3-12-25(13-4-20)34-31-35(26-14-5-21(2)6-15-26)30(36)29(38-31)18-23-9-16-28(27(32)17-23)37-19-22-7-10-24(33)11-8-22/h3-18H,19H2,1-2H3/b29-18-,34-31?. The minimum absolute atomic E-state index is 0.155. The van der Waals surface area contributed by atoms with Gasteiger partial charge < -0.3 is 4.74 Å². The first-order valence-corrected chi connectivity index (χ1v) is 13.2. The predicted molar refractivity (Wildman–Crippen MR) is 155 cm³/mol. The summed E-state index contributed by atoms with van der Waals surface area (Å²) in [7, 11) is 0. The molecule has 190 valence electrons. The van der Waals surface area contributed by atoms with Crippen LogP contribution in [-0.2, 0) is 11.4 Å². The zero-order chi connectivity index (χ0) is 26.6. The van der Waals surface area contributed by atoms with Crippen molar-refractivity contribution in [2.75, 3.05) is 4.90 Å². The molecule has 0 spiro atoms. The molecule has 0 unspecified atom stereocenters. The van der Waals surface area contributed by atoms with Crippen molar-refractivity contribution in [3.63, 3.8) is 0 Å². The lowest BCUT2D eigenvalue weighted by Gasteiger charge is -2.16. The molecule has 5 rings (SSSR count). The highest BCUT2D eigenvalue weighted by Gasteiger charge is 2.34. The molecule has 1 amide bonds. The normalized spacial score (nSPS) is 15.5. The molecule has 1 aliphatic heterocycles. The summed E-state index contributed by atoms with van der Waals surface area (Å²) in [4.78, 5) is 20.5. The third kappa shape index (κ3) is 5.98. The number of rotatable bonds is 6. The molecule has 0 radical (unpaired) electrons. The number of carbonyl (C=O) groups is 1. The minimum atomic E-state index is -0.295. The van der Waals surface area contributed by atoms with Crippen LogP contribution >= 0.6 is 23.4 Å². The van der Waals surface area contributed by atoms with Crippen molar-refractivity contribution in [1.29, 1.82) is 0 Å². The van der Waals surface area contributed by atoms with Gasteiger partial charge >= 0.3 is 0 Å². The number of benzene rings is 4. The molecular formula is C31H24ClFN2O2S. The van der Waals surface area contributed by atoms with E-state index in [9.17, 15) is 9.18 Å². The maximum absolute atomic E-state index is 13.6. The van der Waals surface area contributed by atoms with Crippen molar-refractivity contribution in [3.8, 4) is 5.75 Å². The van der Waals surface area contributed by atoms with E-state index in [0.717, 1.165) is 33.6 Å². The number of carbonyl (C=O) groups excluding carboxylic acids is 1. The molecule has 4 aromatic rings. The second kappa shape index (κ2) is 11.3. The van der Waals surface area contributed by atoms with E-state index in [2.05, 4.69) is 0 Å². The first kappa shape index (κ1) is 25.8. The molecule has 0 bridgehead atoms. The summed E-state index contributed by atoms with van der Waals surface area (Å²) in [5.74, 6) is 0.0560. The summed E-state index contributed by atoms with van der Waals surface area (Å²) < 4.78 is 18.9. The molecule has 4 aromatic carbocycles. The van der Waals surface area contributed by atoms with Crippen LogP contribution in [0.2, 0.25) is 5.02 Å². The third-order valence-corrected chi connectivity index (χ3v) is 7.18. The maximum atomic E-state index is 13.6. The average Bonchev–Trinajstić information content (AvgIpc) is 3.20. The van der Waals surface area contributed by atoms with E-state index < -0.39 is 0 Å². The molecule has 1 aliphatic rings. The summed E-state index contributed by atoms with van der Waals surface area (Å²) in [6.45, 7) is 4.29. The number of aliphatic imine (C=N–C) groups is 1. The second-order valence-electron chi connectivity index (χ2n) is 8.92. The van der Waals surface area contributed by atoms with Crippen LogP contribution in [0.25, 0.3) is 6.08 Å². The van der Waals surface area contributed by atoms with Gasteiger partial charge in [-0.2, -0.15) is 0 Å². The van der Waals surface area contributed by atoms with Crippen LogP contribution in [0.1, 0.15) is 22.3 Å². The van der Waals surface area contributed by atoms with E-state index in [1.54, 1.807) is 29.2 Å². The topological polar surface area (TPSA) is 41.9 Å². The maximum Gasteiger partial charge on any atom is 0.271 e. The lowest BCUT2D eigenvalue weighted by Crippen LogP contribution is -2.28. The van der Waals surface area contributed by atoms with Crippen LogP contribution in [0.3, 0.4) is 0 Å².